The Morgan fingerprint density at radius 1 is 0.315 bits per heavy atom. The van der Waals surface area contributed by atoms with E-state index >= 15 is 35.1 Å². The van der Waals surface area contributed by atoms with Crippen LogP contribution in [0.4, 0.5) is 87.8 Å². The average Bonchev–Trinajstić information content (AvgIpc) is 3.64. The van der Waals surface area contributed by atoms with E-state index < -0.39 is 144 Å². The van der Waals surface area contributed by atoms with Gasteiger partial charge in [-0.25, -0.2) is 92.8 Å². The van der Waals surface area contributed by atoms with E-state index in [-0.39, 0.29) is 0 Å². The number of thiazole rings is 1. The molecular formula is C31H6BF20NS. The summed E-state index contributed by atoms with van der Waals surface area (Å²) in [5, 5.41) is 0. The van der Waals surface area contributed by atoms with Crippen molar-refractivity contribution in [2.45, 2.75) is 0 Å². The van der Waals surface area contributed by atoms with Gasteiger partial charge in [0.05, 0.1) is 0 Å². The third kappa shape index (κ3) is 5.61. The van der Waals surface area contributed by atoms with E-state index in [1.54, 1.807) is 11.3 Å². The fourth-order valence-corrected chi connectivity index (χ4v) is 6.44. The second kappa shape index (κ2) is 14.1. The Hall–Kier alpha value is -5.35. The molecule has 1 nitrogen and oxygen atoms in total. The first-order chi connectivity index (χ1) is 25.2. The van der Waals surface area contributed by atoms with E-state index in [1.807, 2.05) is 17.6 Å². The Bertz CT molecular complexity index is 2110. The van der Waals surface area contributed by atoms with Gasteiger partial charge in [0.1, 0.15) is 57.4 Å². The highest BCUT2D eigenvalue weighted by Crippen LogP contribution is 2.30. The molecule has 5 aromatic carbocycles. The van der Waals surface area contributed by atoms with Gasteiger partial charge in [-0.2, -0.15) is 0 Å². The number of halogens is 20. The Kier molecular flexibility index (Phi) is 10.4. The van der Waals surface area contributed by atoms with Gasteiger partial charge >= 0.3 is 0 Å². The molecule has 284 valence electrons. The third-order valence-corrected chi connectivity index (χ3v) is 8.84. The molecule has 1 aromatic heterocycles. The summed E-state index contributed by atoms with van der Waals surface area (Å²) < 4.78 is 295. The maximum Gasteiger partial charge on any atom is 0.224 e. The number of rotatable bonds is 4. The molecule has 0 amide bonds. The number of hydrogen-bond acceptors (Lipinski definition) is 1. The fourth-order valence-electron chi connectivity index (χ4n) is 5.72. The van der Waals surface area contributed by atoms with Crippen LogP contribution >= 0.6 is 11.3 Å². The van der Waals surface area contributed by atoms with Crippen molar-refractivity contribution in [3.63, 3.8) is 0 Å². The van der Waals surface area contributed by atoms with Crippen LogP contribution in [-0.4, -0.2) is 6.15 Å². The summed E-state index contributed by atoms with van der Waals surface area (Å²) in [7, 11) is 0. The molecule has 23 heteroatoms. The molecule has 0 aliphatic heterocycles. The Balaban J connectivity index is 0.000000537. The molecule has 54 heavy (non-hydrogen) atoms. The Morgan fingerprint density at radius 2 is 0.537 bits per heavy atom. The lowest BCUT2D eigenvalue weighted by atomic mass is 9.12. The number of fused-ring (bicyclic) bond motifs is 1. The Morgan fingerprint density at radius 3 is 0.778 bits per heavy atom. The molecule has 0 radical (unpaired) electrons. The van der Waals surface area contributed by atoms with Crippen LogP contribution in [0, 0.1) is 116 Å². The second-order valence-electron chi connectivity index (χ2n) is 10.7. The molecule has 0 unspecified atom stereocenters. The van der Waals surface area contributed by atoms with Crippen LogP contribution in [0.25, 0.3) is 10.2 Å². The summed E-state index contributed by atoms with van der Waals surface area (Å²) in [4.78, 5) is 3.14. The van der Waals surface area contributed by atoms with Crippen molar-refractivity contribution in [1.82, 2.24) is 0 Å². The molecule has 1 N–H and O–H groups in total. The van der Waals surface area contributed by atoms with Crippen molar-refractivity contribution in [2.24, 2.45) is 0 Å². The van der Waals surface area contributed by atoms with Crippen molar-refractivity contribution in [2.75, 3.05) is 0 Å². The van der Waals surface area contributed by atoms with Gasteiger partial charge < -0.3 is 0 Å². The summed E-state index contributed by atoms with van der Waals surface area (Å²) in [6, 6.07) is 8.26. The van der Waals surface area contributed by atoms with Crippen molar-refractivity contribution in [1.29, 1.82) is 0 Å². The molecule has 6 rings (SSSR count). The van der Waals surface area contributed by atoms with Gasteiger partial charge in [-0.05, 0) is 6.07 Å². The first-order valence-corrected chi connectivity index (χ1v) is 14.6. The topological polar surface area (TPSA) is 14.1 Å². The smallest absolute Gasteiger partial charge is 0.207 e. The van der Waals surface area contributed by atoms with Gasteiger partial charge in [0.15, 0.2) is 69.8 Å². The molecule has 6 aromatic rings. The zero-order valence-corrected chi connectivity index (χ0v) is 25.7. The predicted molar refractivity (Wildman–Crippen MR) is 148 cm³/mol. The number of nitrogens with one attached hydrogen (secondary N) is 1. The molecule has 1 heterocycles. The molecule has 0 spiro atoms. The molecule has 0 saturated carbocycles. The monoisotopic (exact) mass is 815 g/mol. The lowest BCUT2D eigenvalue weighted by Crippen LogP contribution is -2.81. The lowest BCUT2D eigenvalue weighted by Gasteiger charge is -2.44. The van der Waals surface area contributed by atoms with Crippen molar-refractivity contribution < 1.29 is 92.8 Å². The standard InChI is InChI=1S/C24BF20.C7H5NS/c26-5-1(6(27)14(35)21(42)13(5)34)25(2-7(28)15(36)22(43)16(37)8(2)29,3-9(30)17(38)23(44)18(39)10(3)31)4-11(32)19(40)24(45)20(41)12(4)33;1-2-4-7-6(3-1)8-5-9-7/h;1-5H/q-1;/p+1. The van der Waals surface area contributed by atoms with Gasteiger partial charge in [0.2, 0.25) is 11.0 Å². The van der Waals surface area contributed by atoms with Crippen LogP contribution in [0.1, 0.15) is 0 Å². The van der Waals surface area contributed by atoms with Crippen LogP contribution in [-0.2, 0) is 0 Å². The van der Waals surface area contributed by atoms with Crippen molar-refractivity contribution in [3.8, 4) is 0 Å². The molecule has 0 saturated heterocycles. The normalized spacial score (nSPS) is 11.7. The molecule has 0 fully saturated rings. The quantitative estimate of drug-likeness (QED) is 0.0756. The van der Waals surface area contributed by atoms with Crippen molar-refractivity contribution in [3.05, 3.63) is 146 Å². The van der Waals surface area contributed by atoms with E-state index in [2.05, 4.69) is 17.1 Å². The van der Waals surface area contributed by atoms with Gasteiger partial charge in [0, 0.05) is 6.07 Å². The van der Waals surface area contributed by atoms with E-state index in [9.17, 15) is 52.7 Å². The number of aromatic nitrogens is 1. The maximum atomic E-state index is 15.4. The summed E-state index contributed by atoms with van der Waals surface area (Å²) in [5.74, 6) is -71.4. The average molecular weight is 815 g/mol. The van der Waals surface area contributed by atoms with Crippen LogP contribution in [0.5, 0.6) is 0 Å². The minimum Gasteiger partial charge on any atom is -0.207 e. The van der Waals surface area contributed by atoms with E-state index in [4.69, 9.17) is 0 Å². The highest BCUT2D eigenvalue weighted by molar-refractivity contribution is 7.20. The SMILES string of the molecule is Fc1c(F)c(F)c([B-](c2c(F)c(F)c(F)c(F)c2F)(c2c(F)c(F)c(F)c(F)c2F)c2c(F)c(F)c(F)c(F)c2F)c(F)c1F.c1ccc2sc[nH+]c2c1. The van der Waals surface area contributed by atoms with E-state index in [1.165, 1.54) is 10.2 Å². The van der Waals surface area contributed by atoms with Gasteiger partial charge in [-0.3, -0.25) is 0 Å². The van der Waals surface area contributed by atoms with Gasteiger partial charge in [0.25, 0.3) is 0 Å². The second-order valence-corrected chi connectivity index (χ2v) is 11.6. The number of H-pyrrole nitrogens is 1. The van der Waals surface area contributed by atoms with Crippen LogP contribution in [0.3, 0.4) is 0 Å². The predicted octanol–water partition coefficient (Wildman–Crippen LogP) is 7.56. The lowest BCUT2D eigenvalue weighted by molar-refractivity contribution is -0.338. The number of benzene rings is 5. The number of para-hydroxylation sites is 1. The van der Waals surface area contributed by atoms with E-state index in [0.717, 1.165) is 0 Å². The molecular weight excluding hydrogens is 809 g/mol. The van der Waals surface area contributed by atoms with Crippen LogP contribution in [0.15, 0.2) is 29.8 Å². The van der Waals surface area contributed by atoms with Crippen LogP contribution < -0.4 is 26.8 Å². The van der Waals surface area contributed by atoms with Gasteiger partial charge in [-0.15, -0.1) is 21.9 Å². The highest BCUT2D eigenvalue weighted by Gasteiger charge is 2.52. The third-order valence-electron chi connectivity index (χ3n) is 7.99. The number of aromatic amines is 1. The maximum absolute atomic E-state index is 15.4. The number of hydrogen-bond donors (Lipinski definition) is 0. The molecule has 0 atom stereocenters. The molecule has 0 aliphatic carbocycles. The summed E-state index contributed by atoms with van der Waals surface area (Å²) in [5.41, 5.74) is -11.1. The summed E-state index contributed by atoms with van der Waals surface area (Å²) in [6.07, 6.45) is -7.22. The minimum absolute atomic E-state index is 1.22. The highest BCUT2D eigenvalue weighted by atomic mass is 32.1. The molecule has 0 aliphatic rings. The molecule has 0 bridgehead atoms. The Labute approximate surface area is 288 Å². The first-order valence-electron chi connectivity index (χ1n) is 13.7. The minimum atomic E-state index is -7.22. The summed E-state index contributed by atoms with van der Waals surface area (Å²) in [6.45, 7) is 0. The first kappa shape index (κ1) is 39.9. The fraction of sp³-hybridized carbons (Fsp3) is 0. The summed E-state index contributed by atoms with van der Waals surface area (Å²) >= 11 is 1.73. The zero-order chi connectivity index (χ0) is 40.5. The largest absolute Gasteiger partial charge is 0.224 e. The van der Waals surface area contributed by atoms with E-state index in [0.29, 0.717) is 0 Å². The van der Waals surface area contributed by atoms with Crippen LogP contribution in [0.2, 0.25) is 0 Å². The van der Waals surface area contributed by atoms with Gasteiger partial charge in [-0.1, -0.05) is 23.5 Å². The zero-order valence-electron chi connectivity index (χ0n) is 24.9. The van der Waals surface area contributed by atoms with Crippen molar-refractivity contribution >= 4 is 49.6 Å².